The Hall–Kier alpha value is -3.03. The molecular formula is C21H22F2N4O2. The van der Waals surface area contributed by atoms with Gasteiger partial charge in [-0.1, -0.05) is 30.3 Å². The zero-order chi connectivity index (χ0) is 20.4. The van der Waals surface area contributed by atoms with Gasteiger partial charge in [-0.15, -0.1) is 0 Å². The van der Waals surface area contributed by atoms with Crippen molar-refractivity contribution in [1.82, 2.24) is 20.2 Å². The molecule has 4 rings (SSSR count). The summed E-state index contributed by atoms with van der Waals surface area (Å²) >= 11 is 0. The van der Waals surface area contributed by atoms with Crippen LogP contribution < -0.4 is 5.43 Å². The summed E-state index contributed by atoms with van der Waals surface area (Å²) in [5, 5.41) is 5.49. The van der Waals surface area contributed by atoms with E-state index >= 15 is 0 Å². The van der Waals surface area contributed by atoms with Gasteiger partial charge >= 0.3 is 6.03 Å². The Balaban J connectivity index is 1.49. The van der Waals surface area contributed by atoms with Crippen LogP contribution in [0.2, 0.25) is 0 Å². The van der Waals surface area contributed by atoms with Gasteiger partial charge in [-0.25, -0.2) is 19.0 Å². The van der Waals surface area contributed by atoms with E-state index in [1.807, 2.05) is 30.3 Å². The van der Waals surface area contributed by atoms with E-state index < -0.39 is 24.3 Å². The number of rotatable bonds is 3. The minimum Gasteiger partial charge on any atom is -0.300 e. The summed E-state index contributed by atoms with van der Waals surface area (Å²) in [6.07, 6.45) is 2.21. The van der Waals surface area contributed by atoms with Crippen LogP contribution in [0.25, 0.3) is 0 Å². The second-order valence-corrected chi connectivity index (χ2v) is 7.48. The SMILES string of the molecule is O=C1CCN(NC(=O)n2cc(Cc3ccccc3)cn2)C2=C[C@@H](F)C[C@H](F)[C@H]2C1. The molecule has 1 N–H and O–H groups in total. The van der Waals surface area contributed by atoms with Crippen molar-refractivity contribution in [2.45, 2.75) is 38.0 Å². The minimum absolute atomic E-state index is 0.0229. The standard InChI is InChI=1S/C21H22F2N4O2/c22-16-9-19(23)18-11-17(28)6-7-26(20(18)10-16)25-21(29)27-13-15(12-24-27)8-14-4-2-1-3-5-14/h1-5,10,12-13,16,18-19H,6-9,11H2,(H,25,29)/t16-,18+,19-/m0/s1. The number of Topliss-reactive ketones (excluding diaryl/α,β-unsaturated/α-hetero) is 1. The number of halogens is 2. The predicted molar refractivity (Wildman–Crippen MR) is 102 cm³/mol. The summed E-state index contributed by atoms with van der Waals surface area (Å²) < 4.78 is 29.5. The number of hydrazine groups is 1. The zero-order valence-electron chi connectivity index (χ0n) is 15.8. The van der Waals surface area contributed by atoms with E-state index in [1.165, 1.54) is 11.1 Å². The first-order valence-corrected chi connectivity index (χ1v) is 9.67. The monoisotopic (exact) mass is 400 g/mol. The maximum Gasteiger partial charge on any atom is 0.360 e. The lowest BCUT2D eigenvalue weighted by Gasteiger charge is -2.34. The summed E-state index contributed by atoms with van der Waals surface area (Å²) in [5.41, 5.74) is 4.94. The van der Waals surface area contributed by atoms with E-state index in [-0.39, 0.29) is 31.6 Å². The number of fused-ring (bicyclic) bond motifs is 1. The Morgan fingerprint density at radius 3 is 2.79 bits per heavy atom. The quantitative estimate of drug-likeness (QED) is 0.859. The minimum atomic E-state index is -1.45. The van der Waals surface area contributed by atoms with Crippen molar-refractivity contribution in [2.24, 2.45) is 5.92 Å². The Morgan fingerprint density at radius 1 is 1.21 bits per heavy atom. The van der Waals surface area contributed by atoms with Gasteiger partial charge < -0.3 is 0 Å². The molecule has 2 heterocycles. The highest BCUT2D eigenvalue weighted by atomic mass is 19.1. The molecule has 1 aromatic heterocycles. The Morgan fingerprint density at radius 2 is 2.00 bits per heavy atom. The van der Waals surface area contributed by atoms with Gasteiger partial charge in [-0.05, 0) is 17.2 Å². The normalized spacial score (nSPS) is 24.5. The summed E-state index contributed by atoms with van der Waals surface area (Å²) in [6.45, 7) is 0.171. The third-order valence-electron chi connectivity index (χ3n) is 5.32. The molecule has 2 aromatic rings. The van der Waals surface area contributed by atoms with Crippen LogP contribution in [0, 0.1) is 5.92 Å². The van der Waals surface area contributed by atoms with Gasteiger partial charge in [0.15, 0.2) is 0 Å². The molecule has 2 aliphatic rings. The van der Waals surface area contributed by atoms with Crippen LogP contribution in [-0.2, 0) is 11.2 Å². The van der Waals surface area contributed by atoms with Crippen LogP contribution >= 0.6 is 0 Å². The highest BCUT2D eigenvalue weighted by Gasteiger charge is 2.38. The molecule has 29 heavy (non-hydrogen) atoms. The predicted octanol–water partition coefficient (Wildman–Crippen LogP) is 3.19. The van der Waals surface area contributed by atoms with Gasteiger partial charge in [0, 0.05) is 50.0 Å². The van der Waals surface area contributed by atoms with Gasteiger partial charge in [0.2, 0.25) is 0 Å². The second-order valence-electron chi connectivity index (χ2n) is 7.48. The Labute approximate surface area is 167 Å². The molecule has 0 radical (unpaired) electrons. The number of nitrogens with one attached hydrogen (secondary N) is 1. The smallest absolute Gasteiger partial charge is 0.300 e. The fourth-order valence-corrected chi connectivity index (χ4v) is 3.86. The van der Waals surface area contributed by atoms with Crippen molar-refractivity contribution >= 4 is 11.8 Å². The average molecular weight is 400 g/mol. The molecule has 1 aromatic carbocycles. The summed E-state index contributed by atoms with van der Waals surface area (Å²) in [7, 11) is 0. The Bertz CT molecular complexity index is 928. The molecule has 1 fully saturated rings. The summed E-state index contributed by atoms with van der Waals surface area (Å²) in [5.74, 6) is -0.828. The lowest BCUT2D eigenvalue weighted by molar-refractivity contribution is -0.119. The molecule has 6 nitrogen and oxygen atoms in total. The topological polar surface area (TPSA) is 67.2 Å². The number of alkyl halides is 2. The number of amides is 1. The lowest BCUT2D eigenvalue weighted by Crippen LogP contribution is -2.47. The van der Waals surface area contributed by atoms with Crippen molar-refractivity contribution in [3.05, 3.63) is 65.6 Å². The van der Waals surface area contributed by atoms with Crippen molar-refractivity contribution in [3.63, 3.8) is 0 Å². The molecule has 0 saturated carbocycles. The van der Waals surface area contributed by atoms with Crippen LogP contribution in [0.4, 0.5) is 13.6 Å². The van der Waals surface area contributed by atoms with Gasteiger partial charge in [-0.2, -0.15) is 9.78 Å². The van der Waals surface area contributed by atoms with Gasteiger partial charge in [-0.3, -0.25) is 9.80 Å². The van der Waals surface area contributed by atoms with E-state index in [9.17, 15) is 18.4 Å². The maximum absolute atomic E-state index is 14.4. The number of allylic oxidation sites excluding steroid dienone is 2. The zero-order valence-corrected chi connectivity index (χ0v) is 15.8. The number of aromatic nitrogens is 2. The molecule has 0 unspecified atom stereocenters. The summed E-state index contributed by atoms with van der Waals surface area (Å²) in [4.78, 5) is 24.7. The fraction of sp³-hybridized carbons (Fsp3) is 0.381. The third kappa shape index (κ3) is 4.36. The molecule has 0 bridgehead atoms. The third-order valence-corrected chi connectivity index (χ3v) is 5.32. The average Bonchev–Trinajstić information content (AvgIpc) is 3.10. The molecular weight excluding hydrogens is 378 g/mol. The highest BCUT2D eigenvalue weighted by molar-refractivity contribution is 5.80. The van der Waals surface area contributed by atoms with Crippen LogP contribution in [-0.4, -0.2) is 45.5 Å². The Kier molecular flexibility index (Phi) is 5.42. The number of carbonyl (C=O) groups is 2. The van der Waals surface area contributed by atoms with E-state index in [2.05, 4.69) is 10.5 Å². The molecule has 3 atom stereocenters. The van der Waals surface area contributed by atoms with Gasteiger partial charge in [0.05, 0.1) is 6.20 Å². The second kappa shape index (κ2) is 8.14. The van der Waals surface area contributed by atoms with Crippen molar-refractivity contribution in [2.75, 3.05) is 6.54 Å². The number of hydrogen-bond donors (Lipinski definition) is 1. The van der Waals surface area contributed by atoms with E-state index in [0.717, 1.165) is 15.8 Å². The van der Waals surface area contributed by atoms with Crippen LogP contribution in [0.5, 0.6) is 0 Å². The number of benzene rings is 1. The largest absolute Gasteiger partial charge is 0.360 e. The van der Waals surface area contributed by atoms with E-state index in [4.69, 9.17) is 0 Å². The first-order chi connectivity index (χ1) is 14.0. The molecule has 8 heteroatoms. The summed E-state index contributed by atoms with van der Waals surface area (Å²) in [6, 6.07) is 9.25. The lowest BCUT2D eigenvalue weighted by atomic mass is 9.86. The van der Waals surface area contributed by atoms with Gasteiger partial charge in [0.25, 0.3) is 0 Å². The van der Waals surface area contributed by atoms with Crippen LogP contribution in [0.1, 0.15) is 30.4 Å². The molecule has 0 spiro atoms. The number of nitrogens with zero attached hydrogens (tertiary/aromatic N) is 3. The fourth-order valence-electron chi connectivity index (χ4n) is 3.86. The molecule has 152 valence electrons. The highest BCUT2D eigenvalue weighted by Crippen LogP contribution is 2.35. The van der Waals surface area contributed by atoms with Crippen molar-refractivity contribution < 1.29 is 18.4 Å². The molecule has 1 aliphatic heterocycles. The first-order valence-electron chi connectivity index (χ1n) is 9.67. The van der Waals surface area contributed by atoms with Gasteiger partial charge in [0.1, 0.15) is 18.1 Å². The number of hydrogen-bond acceptors (Lipinski definition) is 4. The van der Waals surface area contributed by atoms with Crippen molar-refractivity contribution in [3.8, 4) is 0 Å². The first kappa shape index (κ1) is 19.3. The molecule has 1 aliphatic carbocycles. The van der Waals surface area contributed by atoms with E-state index in [1.54, 1.807) is 12.4 Å². The maximum atomic E-state index is 14.4. The molecule has 1 amide bonds. The number of ketones is 1. The molecule has 1 saturated heterocycles. The van der Waals surface area contributed by atoms with Crippen LogP contribution in [0.15, 0.2) is 54.5 Å². The van der Waals surface area contributed by atoms with E-state index in [0.29, 0.717) is 12.1 Å². The number of carbonyl (C=O) groups excluding carboxylic acids is 2. The van der Waals surface area contributed by atoms with Crippen LogP contribution in [0.3, 0.4) is 0 Å². The van der Waals surface area contributed by atoms with Crippen molar-refractivity contribution in [1.29, 1.82) is 0 Å².